The molecule has 29 heavy (non-hydrogen) atoms. The number of carbonyl (C=O) groups excluding carboxylic acids is 2. The minimum Gasteiger partial charge on any atom is -0.383 e. The Morgan fingerprint density at radius 3 is 2.62 bits per heavy atom. The molecule has 0 radical (unpaired) electrons. The summed E-state index contributed by atoms with van der Waals surface area (Å²) in [6, 6.07) is 8.97. The second-order valence-corrected chi connectivity index (χ2v) is 6.51. The van der Waals surface area contributed by atoms with Crippen LogP contribution in [0.2, 0.25) is 5.02 Å². The van der Waals surface area contributed by atoms with Crippen LogP contribution in [0.25, 0.3) is 0 Å². The van der Waals surface area contributed by atoms with Gasteiger partial charge >= 0.3 is 0 Å². The number of hydrogen-bond acceptors (Lipinski definition) is 6. The number of benzene rings is 2. The highest BCUT2D eigenvalue weighted by atomic mass is 35.5. The Bertz CT molecular complexity index is 919. The Labute approximate surface area is 172 Å². The molecule has 10 heteroatoms. The van der Waals surface area contributed by atoms with E-state index in [1.54, 1.807) is 31.2 Å². The topological polar surface area (TPSA) is 123 Å². The SMILES string of the molecule is COCCNC(=O)c1ccc(NCC(=O)Nc2cc([N+](=O)[O-])ccc2C)cc1Cl. The standard InChI is InChI=1S/C19H21ClN4O5/c1-12-3-5-14(24(27)28)10-17(12)23-18(25)11-22-13-4-6-15(16(20)9-13)19(26)21-7-8-29-2/h3-6,9-10,22H,7-8,11H2,1-2H3,(H,21,26)(H,23,25). The van der Waals surface area contributed by atoms with Gasteiger partial charge in [-0.2, -0.15) is 0 Å². The monoisotopic (exact) mass is 420 g/mol. The van der Waals surface area contributed by atoms with Crippen molar-refractivity contribution in [1.29, 1.82) is 0 Å². The Morgan fingerprint density at radius 2 is 1.97 bits per heavy atom. The Morgan fingerprint density at radius 1 is 1.21 bits per heavy atom. The molecule has 2 amide bonds. The number of hydrogen-bond donors (Lipinski definition) is 3. The zero-order chi connectivity index (χ0) is 21.4. The van der Waals surface area contributed by atoms with E-state index in [2.05, 4.69) is 16.0 Å². The number of halogens is 1. The number of methoxy groups -OCH3 is 1. The zero-order valence-electron chi connectivity index (χ0n) is 16.0. The number of nitro groups is 1. The fourth-order valence-corrected chi connectivity index (χ4v) is 2.67. The molecule has 2 rings (SSSR count). The van der Waals surface area contributed by atoms with Crippen molar-refractivity contribution >= 4 is 40.5 Å². The first kappa shape index (κ1) is 22.1. The molecule has 2 aromatic carbocycles. The number of carbonyl (C=O) groups is 2. The van der Waals surface area contributed by atoms with E-state index in [-0.39, 0.29) is 29.1 Å². The number of ether oxygens (including phenoxy) is 1. The van der Waals surface area contributed by atoms with E-state index >= 15 is 0 Å². The predicted octanol–water partition coefficient (Wildman–Crippen LogP) is 2.98. The van der Waals surface area contributed by atoms with Gasteiger partial charge in [0.1, 0.15) is 0 Å². The van der Waals surface area contributed by atoms with Gasteiger partial charge in [0.05, 0.1) is 34.3 Å². The van der Waals surface area contributed by atoms with Gasteiger partial charge in [-0.15, -0.1) is 0 Å². The van der Waals surface area contributed by atoms with E-state index in [0.29, 0.717) is 35.7 Å². The third kappa shape index (κ3) is 6.44. The Hall–Kier alpha value is -3.17. The second-order valence-electron chi connectivity index (χ2n) is 6.10. The first-order valence-corrected chi connectivity index (χ1v) is 9.05. The number of nitro benzene ring substituents is 1. The van der Waals surface area contributed by atoms with Crippen molar-refractivity contribution in [2.75, 3.05) is 37.4 Å². The second kappa shape index (κ2) is 10.4. The maximum Gasteiger partial charge on any atom is 0.271 e. The number of nitrogens with one attached hydrogen (secondary N) is 3. The number of anilines is 2. The molecule has 0 bridgehead atoms. The summed E-state index contributed by atoms with van der Waals surface area (Å²) in [4.78, 5) is 34.6. The summed E-state index contributed by atoms with van der Waals surface area (Å²) in [6.07, 6.45) is 0. The molecule has 0 aliphatic carbocycles. The molecule has 154 valence electrons. The average molecular weight is 421 g/mol. The van der Waals surface area contributed by atoms with Gasteiger partial charge in [-0.05, 0) is 30.7 Å². The number of amides is 2. The third-order valence-electron chi connectivity index (χ3n) is 3.96. The molecule has 2 aromatic rings. The summed E-state index contributed by atoms with van der Waals surface area (Å²) in [5.74, 6) is -0.705. The van der Waals surface area contributed by atoms with E-state index in [1.165, 1.54) is 19.2 Å². The molecular weight excluding hydrogens is 400 g/mol. The maximum atomic E-state index is 12.2. The molecule has 0 aliphatic rings. The van der Waals surface area contributed by atoms with Crippen LogP contribution in [0, 0.1) is 17.0 Å². The fourth-order valence-electron chi connectivity index (χ4n) is 2.41. The lowest BCUT2D eigenvalue weighted by Gasteiger charge is -2.11. The van der Waals surface area contributed by atoms with Crippen LogP contribution in [0.4, 0.5) is 17.1 Å². The minimum atomic E-state index is -0.525. The summed E-state index contributed by atoms with van der Waals surface area (Å²) in [6.45, 7) is 2.41. The number of non-ortho nitro benzene ring substituents is 1. The van der Waals surface area contributed by atoms with Crippen LogP contribution in [-0.2, 0) is 9.53 Å². The van der Waals surface area contributed by atoms with Crippen LogP contribution >= 0.6 is 11.6 Å². The lowest BCUT2D eigenvalue weighted by atomic mass is 10.1. The van der Waals surface area contributed by atoms with E-state index < -0.39 is 4.92 Å². The molecule has 0 saturated carbocycles. The van der Waals surface area contributed by atoms with Crippen molar-refractivity contribution < 1.29 is 19.2 Å². The summed E-state index contributed by atoms with van der Waals surface area (Å²) >= 11 is 6.15. The average Bonchev–Trinajstić information content (AvgIpc) is 2.68. The Kier molecular flexibility index (Phi) is 7.93. The van der Waals surface area contributed by atoms with Crippen LogP contribution < -0.4 is 16.0 Å². The summed E-state index contributed by atoms with van der Waals surface area (Å²) in [5, 5.41) is 19.3. The third-order valence-corrected chi connectivity index (χ3v) is 4.28. The van der Waals surface area contributed by atoms with Gasteiger partial charge in [-0.1, -0.05) is 17.7 Å². The normalized spacial score (nSPS) is 10.3. The molecule has 9 nitrogen and oxygen atoms in total. The van der Waals surface area contributed by atoms with Gasteiger partial charge in [0, 0.05) is 31.5 Å². The quantitative estimate of drug-likeness (QED) is 0.325. The summed E-state index contributed by atoms with van der Waals surface area (Å²) < 4.78 is 4.87. The summed E-state index contributed by atoms with van der Waals surface area (Å²) in [5.41, 5.74) is 1.83. The lowest BCUT2D eigenvalue weighted by Crippen LogP contribution is -2.27. The molecule has 3 N–H and O–H groups in total. The highest BCUT2D eigenvalue weighted by Crippen LogP contribution is 2.23. The first-order chi connectivity index (χ1) is 13.8. The molecule has 0 atom stereocenters. The molecule has 0 aliphatic heterocycles. The molecule has 0 fully saturated rings. The predicted molar refractivity (Wildman–Crippen MR) is 111 cm³/mol. The van der Waals surface area contributed by atoms with Crippen LogP contribution in [0.15, 0.2) is 36.4 Å². The maximum absolute atomic E-state index is 12.2. The first-order valence-electron chi connectivity index (χ1n) is 8.67. The fraction of sp³-hybridized carbons (Fsp3) is 0.263. The van der Waals surface area contributed by atoms with Gasteiger partial charge in [0.2, 0.25) is 5.91 Å². The highest BCUT2D eigenvalue weighted by molar-refractivity contribution is 6.34. The van der Waals surface area contributed by atoms with Gasteiger partial charge in [0.25, 0.3) is 11.6 Å². The van der Waals surface area contributed by atoms with Crippen molar-refractivity contribution in [2.24, 2.45) is 0 Å². The molecular formula is C19H21ClN4O5. The molecule has 0 saturated heterocycles. The van der Waals surface area contributed by atoms with Crippen LogP contribution in [0.1, 0.15) is 15.9 Å². The van der Waals surface area contributed by atoms with Crippen molar-refractivity contribution in [2.45, 2.75) is 6.92 Å². The lowest BCUT2D eigenvalue weighted by molar-refractivity contribution is -0.384. The smallest absolute Gasteiger partial charge is 0.271 e. The summed E-state index contributed by atoms with van der Waals surface area (Å²) in [7, 11) is 1.54. The van der Waals surface area contributed by atoms with E-state index in [1.807, 2.05) is 0 Å². The minimum absolute atomic E-state index is 0.0855. The van der Waals surface area contributed by atoms with Crippen molar-refractivity contribution in [3.63, 3.8) is 0 Å². The van der Waals surface area contributed by atoms with Gasteiger partial charge < -0.3 is 20.7 Å². The highest BCUT2D eigenvalue weighted by Gasteiger charge is 2.13. The van der Waals surface area contributed by atoms with Crippen molar-refractivity contribution in [1.82, 2.24) is 5.32 Å². The van der Waals surface area contributed by atoms with Crippen LogP contribution in [0.3, 0.4) is 0 Å². The molecule has 0 spiro atoms. The molecule has 0 unspecified atom stereocenters. The van der Waals surface area contributed by atoms with Crippen molar-refractivity contribution in [3.05, 3.63) is 62.7 Å². The van der Waals surface area contributed by atoms with Crippen LogP contribution in [0.5, 0.6) is 0 Å². The van der Waals surface area contributed by atoms with E-state index in [0.717, 1.165) is 0 Å². The van der Waals surface area contributed by atoms with Crippen LogP contribution in [-0.4, -0.2) is 43.5 Å². The molecule has 0 aromatic heterocycles. The number of aryl methyl sites for hydroxylation is 1. The van der Waals surface area contributed by atoms with Gasteiger partial charge in [-0.25, -0.2) is 0 Å². The Balaban J connectivity index is 1.95. The zero-order valence-corrected chi connectivity index (χ0v) is 16.7. The van der Waals surface area contributed by atoms with Crippen molar-refractivity contribution in [3.8, 4) is 0 Å². The van der Waals surface area contributed by atoms with Gasteiger partial charge in [-0.3, -0.25) is 19.7 Å². The van der Waals surface area contributed by atoms with E-state index in [9.17, 15) is 19.7 Å². The molecule has 0 heterocycles. The van der Waals surface area contributed by atoms with Gasteiger partial charge in [0.15, 0.2) is 0 Å². The number of nitrogens with zero attached hydrogens (tertiary/aromatic N) is 1. The van der Waals surface area contributed by atoms with E-state index in [4.69, 9.17) is 16.3 Å². The largest absolute Gasteiger partial charge is 0.383 e. The number of rotatable bonds is 9.